The molecule has 2 aromatic carbocycles. The number of nitrogens with zero attached hydrogens (tertiary/aromatic N) is 2. The van der Waals surface area contributed by atoms with Crippen molar-refractivity contribution in [2.45, 2.75) is 13.2 Å². The quantitative estimate of drug-likeness (QED) is 0.857. The van der Waals surface area contributed by atoms with Gasteiger partial charge in [-0.2, -0.15) is 0 Å². The van der Waals surface area contributed by atoms with Gasteiger partial charge in [0.2, 0.25) is 5.91 Å². The van der Waals surface area contributed by atoms with Crippen molar-refractivity contribution in [2.75, 3.05) is 18.5 Å². The van der Waals surface area contributed by atoms with Crippen LogP contribution in [0.3, 0.4) is 0 Å². The lowest BCUT2D eigenvalue weighted by molar-refractivity contribution is -0.119. The third kappa shape index (κ3) is 3.34. The molecule has 0 unspecified atom stereocenters. The number of benzene rings is 2. The molecular formula is C18H18N2O3. The fourth-order valence-corrected chi connectivity index (χ4v) is 2.58. The Morgan fingerprint density at radius 3 is 2.52 bits per heavy atom. The highest BCUT2D eigenvalue weighted by molar-refractivity contribution is 5.97. The first-order valence-corrected chi connectivity index (χ1v) is 7.45. The second-order valence-corrected chi connectivity index (χ2v) is 5.48. The van der Waals surface area contributed by atoms with Crippen LogP contribution in [0.2, 0.25) is 0 Å². The van der Waals surface area contributed by atoms with E-state index < -0.39 is 6.09 Å². The Hall–Kier alpha value is -2.82. The van der Waals surface area contributed by atoms with Gasteiger partial charge in [-0.25, -0.2) is 4.79 Å². The molecule has 0 spiro atoms. The average molecular weight is 310 g/mol. The van der Waals surface area contributed by atoms with Crippen LogP contribution in [-0.2, 0) is 22.7 Å². The van der Waals surface area contributed by atoms with Crippen LogP contribution in [0.25, 0.3) is 0 Å². The third-order valence-corrected chi connectivity index (χ3v) is 3.88. The molecule has 0 fully saturated rings. The molecule has 118 valence electrons. The van der Waals surface area contributed by atoms with Crippen molar-refractivity contribution in [3.05, 3.63) is 65.7 Å². The first-order valence-electron chi connectivity index (χ1n) is 7.45. The summed E-state index contributed by atoms with van der Waals surface area (Å²) in [5, 5.41) is 0. The van der Waals surface area contributed by atoms with Crippen molar-refractivity contribution < 1.29 is 14.3 Å². The maximum absolute atomic E-state index is 12.3. The van der Waals surface area contributed by atoms with Crippen LogP contribution in [-0.4, -0.2) is 30.5 Å². The Morgan fingerprint density at radius 1 is 1.04 bits per heavy atom. The molecule has 0 aliphatic carbocycles. The molecule has 2 aromatic rings. The highest BCUT2D eigenvalue weighted by atomic mass is 16.6. The summed E-state index contributed by atoms with van der Waals surface area (Å²) in [6, 6.07) is 17.1. The summed E-state index contributed by atoms with van der Waals surface area (Å²) in [4.78, 5) is 27.6. The lowest BCUT2D eigenvalue weighted by Crippen LogP contribution is -2.38. The fourth-order valence-electron chi connectivity index (χ4n) is 2.58. The summed E-state index contributed by atoms with van der Waals surface area (Å²) in [6.45, 7) is 0.570. The number of carbonyl (C=O) groups excluding carboxylic acids is 2. The van der Waals surface area contributed by atoms with Gasteiger partial charge >= 0.3 is 6.09 Å². The van der Waals surface area contributed by atoms with Crippen LogP contribution >= 0.6 is 0 Å². The molecule has 5 nitrogen and oxygen atoms in total. The van der Waals surface area contributed by atoms with E-state index in [4.69, 9.17) is 4.74 Å². The number of fused-ring (bicyclic) bond motifs is 1. The Balaban J connectivity index is 1.73. The van der Waals surface area contributed by atoms with E-state index in [9.17, 15) is 9.59 Å². The van der Waals surface area contributed by atoms with Gasteiger partial charge in [-0.05, 0) is 17.2 Å². The first kappa shape index (κ1) is 15.1. The molecule has 0 aromatic heterocycles. The molecule has 23 heavy (non-hydrogen) atoms. The molecule has 5 heteroatoms. The number of para-hydroxylation sites is 1. The molecule has 0 atom stereocenters. The Morgan fingerprint density at radius 2 is 1.74 bits per heavy atom. The summed E-state index contributed by atoms with van der Waals surface area (Å²) < 4.78 is 5.34. The number of anilines is 1. The second-order valence-electron chi connectivity index (χ2n) is 5.48. The molecule has 3 rings (SSSR count). The summed E-state index contributed by atoms with van der Waals surface area (Å²) in [7, 11) is 1.72. The zero-order chi connectivity index (χ0) is 16.2. The predicted molar refractivity (Wildman–Crippen MR) is 86.9 cm³/mol. The zero-order valence-corrected chi connectivity index (χ0v) is 12.9. The minimum Gasteiger partial charge on any atom is -0.445 e. The van der Waals surface area contributed by atoms with Gasteiger partial charge in [0, 0.05) is 12.7 Å². The largest absolute Gasteiger partial charge is 0.445 e. The van der Waals surface area contributed by atoms with Gasteiger partial charge < -0.3 is 9.64 Å². The monoisotopic (exact) mass is 310 g/mol. The van der Waals surface area contributed by atoms with Crippen molar-refractivity contribution in [2.24, 2.45) is 0 Å². The van der Waals surface area contributed by atoms with Gasteiger partial charge in [-0.1, -0.05) is 48.5 Å². The first-order chi connectivity index (χ1) is 11.1. The summed E-state index contributed by atoms with van der Waals surface area (Å²) in [5.74, 6) is -0.133. The van der Waals surface area contributed by atoms with Gasteiger partial charge in [-0.3, -0.25) is 9.69 Å². The van der Waals surface area contributed by atoms with Crippen molar-refractivity contribution in [3.63, 3.8) is 0 Å². The number of ether oxygens (including phenoxy) is 1. The smallest absolute Gasteiger partial charge is 0.410 e. The molecule has 1 aliphatic rings. The molecule has 0 radical (unpaired) electrons. The summed E-state index contributed by atoms with van der Waals surface area (Å²) in [6.07, 6.45) is -0.479. The Labute approximate surface area is 135 Å². The molecule has 0 bridgehead atoms. The van der Waals surface area contributed by atoms with E-state index >= 15 is 0 Å². The molecule has 2 amide bonds. The summed E-state index contributed by atoms with van der Waals surface area (Å²) in [5.41, 5.74) is 2.67. The van der Waals surface area contributed by atoms with Crippen LogP contribution < -0.4 is 4.90 Å². The number of likely N-dealkylation sites (N-methyl/N-ethyl adjacent to an activating group) is 1. The lowest BCUT2D eigenvalue weighted by Gasteiger charge is -2.19. The van der Waals surface area contributed by atoms with E-state index in [2.05, 4.69) is 0 Å². The summed E-state index contributed by atoms with van der Waals surface area (Å²) >= 11 is 0. The topological polar surface area (TPSA) is 49.9 Å². The Bertz CT molecular complexity index is 715. The zero-order valence-electron chi connectivity index (χ0n) is 12.9. The number of amides is 2. The van der Waals surface area contributed by atoms with Crippen LogP contribution in [0.15, 0.2) is 54.6 Å². The van der Waals surface area contributed by atoms with Gasteiger partial charge in [0.05, 0.1) is 6.54 Å². The van der Waals surface area contributed by atoms with Gasteiger partial charge in [-0.15, -0.1) is 0 Å². The molecule has 0 saturated carbocycles. The van der Waals surface area contributed by atoms with Crippen LogP contribution in [0.4, 0.5) is 10.5 Å². The maximum atomic E-state index is 12.3. The van der Waals surface area contributed by atoms with E-state index in [0.29, 0.717) is 6.54 Å². The standard InChI is InChI=1S/C18H18N2O3/c1-19-16-10-6-5-9-15(16)11-20(12-17(19)21)18(22)23-13-14-7-3-2-4-8-14/h2-10H,11-13H2,1H3. The van der Waals surface area contributed by atoms with Crippen LogP contribution in [0.1, 0.15) is 11.1 Å². The highest BCUT2D eigenvalue weighted by Crippen LogP contribution is 2.24. The average Bonchev–Trinajstić information content (AvgIpc) is 2.71. The van der Waals surface area contributed by atoms with Gasteiger partial charge in [0.15, 0.2) is 0 Å². The van der Waals surface area contributed by atoms with Gasteiger partial charge in [0.25, 0.3) is 0 Å². The molecule has 0 N–H and O–H groups in total. The second kappa shape index (κ2) is 6.52. The van der Waals surface area contributed by atoms with E-state index in [1.54, 1.807) is 11.9 Å². The maximum Gasteiger partial charge on any atom is 0.410 e. The fraction of sp³-hybridized carbons (Fsp3) is 0.222. The lowest BCUT2D eigenvalue weighted by atomic mass is 10.1. The van der Waals surface area contributed by atoms with E-state index in [0.717, 1.165) is 16.8 Å². The van der Waals surface area contributed by atoms with Crippen LogP contribution in [0, 0.1) is 0 Å². The number of rotatable bonds is 2. The molecule has 0 saturated heterocycles. The van der Waals surface area contributed by atoms with Crippen molar-refractivity contribution in [3.8, 4) is 0 Å². The number of hydrogen-bond acceptors (Lipinski definition) is 3. The normalized spacial score (nSPS) is 14.2. The molecular weight excluding hydrogens is 292 g/mol. The number of hydrogen-bond donors (Lipinski definition) is 0. The predicted octanol–water partition coefficient (Wildman–Crippen LogP) is 2.80. The van der Waals surface area contributed by atoms with E-state index in [-0.39, 0.29) is 19.1 Å². The highest BCUT2D eigenvalue weighted by Gasteiger charge is 2.27. The third-order valence-electron chi connectivity index (χ3n) is 3.88. The minimum absolute atomic E-state index is 0.0127. The van der Waals surface area contributed by atoms with Crippen molar-refractivity contribution in [1.29, 1.82) is 0 Å². The van der Waals surface area contributed by atoms with Crippen LogP contribution in [0.5, 0.6) is 0 Å². The SMILES string of the molecule is CN1C(=O)CN(C(=O)OCc2ccccc2)Cc2ccccc21. The van der Waals surface area contributed by atoms with Crippen molar-refractivity contribution >= 4 is 17.7 Å². The molecule has 1 heterocycles. The molecule has 1 aliphatic heterocycles. The minimum atomic E-state index is -0.479. The van der Waals surface area contributed by atoms with Gasteiger partial charge in [0.1, 0.15) is 13.2 Å². The Kier molecular flexibility index (Phi) is 4.28. The van der Waals surface area contributed by atoms with E-state index in [1.807, 2.05) is 54.6 Å². The van der Waals surface area contributed by atoms with Crippen molar-refractivity contribution in [1.82, 2.24) is 4.90 Å². The number of carbonyl (C=O) groups is 2. The van der Waals surface area contributed by atoms with E-state index in [1.165, 1.54) is 4.90 Å².